The van der Waals surface area contributed by atoms with Crippen LogP contribution in [0.15, 0.2) is 24.4 Å². The van der Waals surface area contributed by atoms with Crippen LogP contribution in [0, 0.1) is 6.08 Å². The fraction of sp³-hybridized carbons (Fsp3) is 0.300. The first-order chi connectivity index (χ1) is 7.70. The molecule has 1 aliphatic rings. The van der Waals surface area contributed by atoms with Crippen LogP contribution in [-0.4, -0.2) is 22.8 Å². The Morgan fingerprint density at radius 3 is 2.00 bits per heavy atom. The van der Waals surface area contributed by atoms with Crippen molar-refractivity contribution >= 4 is 5.57 Å². The molecule has 0 amide bonds. The number of hydrogen-bond acceptors (Lipinski definition) is 1. The first-order valence-electron chi connectivity index (χ1n) is 4.40. The third-order valence-corrected chi connectivity index (χ3v) is 2.31. The van der Waals surface area contributed by atoms with Crippen molar-refractivity contribution in [2.45, 2.75) is 17.8 Å². The van der Waals surface area contributed by atoms with Gasteiger partial charge in [0.25, 0.3) is 5.92 Å². The summed E-state index contributed by atoms with van der Waals surface area (Å²) >= 11 is 0. The van der Waals surface area contributed by atoms with Crippen molar-refractivity contribution < 1.29 is 45.8 Å². The van der Waals surface area contributed by atoms with Crippen LogP contribution >= 0.6 is 0 Å². The summed E-state index contributed by atoms with van der Waals surface area (Å²) in [6.45, 7) is 0. The van der Waals surface area contributed by atoms with Crippen molar-refractivity contribution in [3.05, 3.63) is 36.2 Å². The van der Waals surface area contributed by atoms with Gasteiger partial charge in [0.05, 0.1) is 0 Å². The van der Waals surface area contributed by atoms with E-state index >= 15 is 0 Å². The number of rotatable bonds is 1. The molecule has 0 spiro atoms. The average molecular weight is 355 g/mol. The summed E-state index contributed by atoms with van der Waals surface area (Å²) in [6, 6.07) is 3.50. The van der Waals surface area contributed by atoms with Gasteiger partial charge in [-0.1, -0.05) is 11.8 Å². The van der Waals surface area contributed by atoms with Gasteiger partial charge in [0.15, 0.2) is 0 Å². The zero-order chi connectivity index (χ0) is 12.9. The zero-order valence-electron chi connectivity index (χ0n) is 8.36. The van der Waals surface area contributed by atoms with Crippen LogP contribution in [0.25, 0.3) is 5.57 Å². The first-order valence-corrected chi connectivity index (χ1v) is 4.40. The quantitative estimate of drug-likeness (QED) is 0.429. The van der Waals surface area contributed by atoms with E-state index < -0.39 is 29.0 Å². The Bertz CT molecular complexity index is 471. The number of halogens is 6. The third kappa shape index (κ3) is 1.86. The molecule has 0 atom stereocenters. The molecule has 2 rings (SSSR count). The van der Waals surface area contributed by atoms with Crippen LogP contribution in [0.2, 0.25) is 0 Å². The average Bonchev–Trinajstić information content (AvgIpc) is 2.37. The summed E-state index contributed by atoms with van der Waals surface area (Å²) in [4.78, 5) is 3.34. The minimum atomic E-state index is -5.49. The van der Waals surface area contributed by atoms with E-state index in [1.165, 1.54) is 12.1 Å². The van der Waals surface area contributed by atoms with Gasteiger partial charge in [-0.15, -0.1) is 11.6 Å². The van der Waals surface area contributed by atoms with E-state index in [2.05, 4.69) is 4.98 Å². The Kier molecular flexibility index (Phi) is 3.65. The summed E-state index contributed by atoms with van der Waals surface area (Å²) in [6.07, 6.45) is 1.88. The fourth-order valence-electron chi connectivity index (χ4n) is 1.40. The van der Waals surface area contributed by atoms with Crippen LogP contribution in [0.4, 0.5) is 26.3 Å². The molecule has 0 aliphatic heterocycles. The van der Waals surface area contributed by atoms with Crippen LogP contribution < -0.4 is 0 Å². The van der Waals surface area contributed by atoms with Crippen molar-refractivity contribution in [2.24, 2.45) is 0 Å². The molecule has 0 bridgehead atoms. The van der Waals surface area contributed by atoms with Gasteiger partial charge in [-0.3, -0.25) is 0 Å². The van der Waals surface area contributed by atoms with Gasteiger partial charge in [0.2, 0.25) is 0 Å². The molecule has 1 heterocycles. The number of allylic oxidation sites excluding steroid dienone is 2. The molecular formula is C10H4F6NRh-. The summed E-state index contributed by atoms with van der Waals surface area (Å²) in [5.74, 6) is -15.5. The molecule has 0 N–H and O–H groups in total. The van der Waals surface area contributed by atoms with Crippen LogP contribution in [0.5, 0.6) is 0 Å². The summed E-state index contributed by atoms with van der Waals surface area (Å²) < 4.78 is 77.6. The molecule has 0 saturated heterocycles. The minimum absolute atomic E-state index is 0. The van der Waals surface area contributed by atoms with Gasteiger partial charge in [-0.05, 0) is 6.07 Å². The standard InChI is InChI=1S/C10H4F6N.Rh/c11-8(12)5-6(7-3-1-2-4-17-7)9(13,14)10(8,15)16;/h1-4H;/q-1;. The van der Waals surface area contributed by atoms with Gasteiger partial charge in [0.1, 0.15) is 0 Å². The first kappa shape index (κ1) is 15.2. The Hall–Kier alpha value is -0.907. The molecule has 1 radical (unpaired) electrons. The van der Waals surface area contributed by atoms with E-state index in [0.29, 0.717) is 0 Å². The van der Waals surface area contributed by atoms with E-state index in [-0.39, 0.29) is 19.5 Å². The summed E-state index contributed by atoms with van der Waals surface area (Å²) in [5, 5.41) is 0. The molecular weight excluding hydrogens is 351 g/mol. The molecule has 0 fully saturated rings. The number of pyridine rings is 1. The predicted molar refractivity (Wildman–Crippen MR) is 45.7 cm³/mol. The number of alkyl halides is 6. The van der Waals surface area contributed by atoms with Crippen LogP contribution in [0.1, 0.15) is 5.69 Å². The fourth-order valence-corrected chi connectivity index (χ4v) is 1.40. The second-order valence-electron chi connectivity index (χ2n) is 3.44. The SMILES string of the molecule is FC1(F)[C-]=C(c2ccccn2)C(F)(F)C1(F)F.[Rh]. The number of nitrogens with zero attached hydrogens (tertiary/aromatic N) is 1. The molecule has 1 aromatic rings. The van der Waals surface area contributed by atoms with E-state index in [1.54, 1.807) is 0 Å². The van der Waals surface area contributed by atoms with E-state index in [4.69, 9.17) is 0 Å². The van der Waals surface area contributed by atoms with E-state index in [9.17, 15) is 26.3 Å². The van der Waals surface area contributed by atoms with E-state index in [0.717, 1.165) is 18.3 Å². The van der Waals surface area contributed by atoms with Crippen molar-refractivity contribution in [1.29, 1.82) is 0 Å². The molecule has 0 unspecified atom stereocenters. The van der Waals surface area contributed by atoms with Crippen LogP contribution in [0.3, 0.4) is 0 Å². The van der Waals surface area contributed by atoms with Crippen molar-refractivity contribution in [3.8, 4) is 0 Å². The van der Waals surface area contributed by atoms with Crippen molar-refractivity contribution in [2.75, 3.05) is 0 Å². The third-order valence-electron chi connectivity index (χ3n) is 2.31. The Labute approximate surface area is 111 Å². The molecule has 1 nitrogen and oxygen atoms in total. The van der Waals surface area contributed by atoms with E-state index in [1.807, 2.05) is 0 Å². The Morgan fingerprint density at radius 2 is 1.61 bits per heavy atom. The molecule has 1 aliphatic carbocycles. The van der Waals surface area contributed by atoms with Gasteiger partial charge in [-0.2, -0.15) is 23.6 Å². The summed E-state index contributed by atoms with van der Waals surface area (Å²) in [7, 11) is 0. The smallest absolute Gasteiger partial charge is 0.351 e. The maximum atomic E-state index is 13.2. The van der Waals surface area contributed by atoms with Gasteiger partial charge < -0.3 is 4.98 Å². The maximum Gasteiger partial charge on any atom is 0.360 e. The van der Waals surface area contributed by atoms with Gasteiger partial charge in [-0.25, -0.2) is 8.78 Å². The zero-order valence-corrected chi connectivity index (χ0v) is 10.00. The topological polar surface area (TPSA) is 12.9 Å². The normalized spacial score (nSPS) is 23.1. The molecule has 8 heteroatoms. The van der Waals surface area contributed by atoms with Crippen molar-refractivity contribution in [3.63, 3.8) is 0 Å². The van der Waals surface area contributed by atoms with Crippen LogP contribution in [-0.2, 0) is 19.5 Å². The van der Waals surface area contributed by atoms with Gasteiger partial charge in [0, 0.05) is 25.7 Å². The largest absolute Gasteiger partial charge is 0.360 e. The monoisotopic (exact) mass is 355 g/mol. The maximum absolute atomic E-state index is 13.2. The molecule has 101 valence electrons. The molecule has 18 heavy (non-hydrogen) atoms. The molecule has 0 aromatic carbocycles. The predicted octanol–water partition coefficient (Wildman–Crippen LogP) is 3.19. The minimum Gasteiger partial charge on any atom is -0.351 e. The number of aromatic nitrogens is 1. The second kappa shape index (κ2) is 4.33. The summed E-state index contributed by atoms with van der Waals surface area (Å²) in [5.41, 5.74) is -2.22. The second-order valence-corrected chi connectivity index (χ2v) is 3.44. The molecule has 1 aromatic heterocycles. The van der Waals surface area contributed by atoms with Crippen molar-refractivity contribution in [1.82, 2.24) is 4.98 Å². The van der Waals surface area contributed by atoms with Gasteiger partial charge >= 0.3 is 11.8 Å². The number of hydrogen-bond donors (Lipinski definition) is 0. The Morgan fingerprint density at radius 1 is 1.00 bits per heavy atom. The molecule has 0 saturated carbocycles. The Balaban J connectivity index is 0.00000162.